The minimum absolute atomic E-state index is 0.321. The molecule has 0 aliphatic heterocycles. The Morgan fingerprint density at radius 1 is 0.720 bits per heavy atom. The van der Waals surface area contributed by atoms with E-state index in [4.69, 9.17) is 0 Å². The Morgan fingerprint density at radius 3 is 1.56 bits per heavy atom. The number of rotatable bonds is 4. The lowest BCUT2D eigenvalue weighted by Crippen LogP contribution is -2.51. The molecular weight excluding hydrogens is 300 g/mol. The summed E-state index contributed by atoms with van der Waals surface area (Å²) in [6.07, 6.45) is 28.7. The van der Waals surface area contributed by atoms with Crippen LogP contribution in [0.1, 0.15) is 71.6 Å². The van der Waals surface area contributed by atoms with E-state index in [0.29, 0.717) is 21.7 Å². The molecule has 1 radical (unpaired) electrons. The van der Waals surface area contributed by atoms with Crippen molar-refractivity contribution < 1.29 is 0 Å². The molecular formula is C25H33. The van der Waals surface area contributed by atoms with Crippen LogP contribution in [-0.4, -0.2) is 0 Å². The van der Waals surface area contributed by atoms with Gasteiger partial charge >= 0.3 is 0 Å². The lowest BCUT2D eigenvalue weighted by atomic mass is 9.45. The van der Waals surface area contributed by atoms with Gasteiger partial charge in [0.2, 0.25) is 0 Å². The lowest BCUT2D eigenvalue weighted by molar-refractivity contribution is 0.0602. The van der Waals surface area contributed by atoms with Crippen LogP contribution >= 0.6 is 0 Å². The van der Waals surface area contributed by atoms with E-state index in [9.17, 15) is 0 Å². The monoisotopic (exact) mass is 333 g/mol. The lowest BCUT2D eigenvalue weighted by Gasteiger charge is -2.58. The van der Waals surface area contributed by atoms with Crippen molar-refractivity contribution in [1.82, 2.24) is 0 Å². The third-order valence-electron chi connectivity index (χ3n) is 9.69. The molecule has 3 fully saturated rings. The minimum Gasteiger partial charge on any atom is -0.0848 e. The van der Waals surface area contributed by atoms with Crippen LogP contribution in [0.15, 0.2) is 36.5 Å². The molecule has 25 heavy (non-hydrogen) atoms. The van der Waals surface area contributed by atoms with E-state index in [1.807, 2.05) is 5.92 Å². The van der Waals surface area contributed by atoms with Crippen LogP contribution < -0.4 is 0 Å². The Bertz CT molecular complexity index is 657. The second kappa shape index (κ2) is 4.55. The van der Waals surface area contributed by atoms with E-state index in [1.165, 1.54) is 57.8 Å². The molecule has 0 aromatic heterocycles. The van der Waals surface area contributed by atoms with E-state index < -0.39 is 0 Å². The fraction of sp³-hybridized carbons (Fsp3) is 0.720. The standard InChI is InChI=1S/C25H33/c1-22(2,25-13-7-20(17-25)8-14-25)21(23-9-3-18(15-23)4-10-23)24-11-5-19(16-24)6-12-24/h3,5,7,9,11,13,18-20H,4,6,8,10,12,14-17H2,1-2H3. The van der Waals surface area contributed by atoms with E-state index in [-0.39, 0.29) is 0 Å². The van der Waals surface area contributed by atoms with Crippen molar-refractivity contribution in [3.05, 3.63) is 42.4 Å². The maximum absolute atomic E-state index is 2.69. The molecule has 6 atom stereocenters. The zero-order chi connectivity index (χ0) is 16.9. The van der Waals surface area contributed by atoms with Gasteiger partial charge in [0.1, 0.15) is 0 Å². The van der Waals surface area contributed by atoms with Gasteiger partial charge in [0.25, 0.3) is 0 Å². The topological polar surface area (TPSA) is 0 Å². The fourth-order valence-corrected chi connectivity index (χ4v) is 8.64. The van der Waals surface area contributed by atoms with Crippen molar-refractivity contribution in [2.45, 2.75) is 71.6 Å². The van der Waals surface area contributed by atoms with Gasteiger partial charge in [-0.05, 0) is 97.2 Å². The van der Waals surface area contributed by atoms with E-state index >= 15 is 0 Å². The van der Waals surface area contributed by atoms with Crippen LogP contribution in [-0.2, 0) is 0 Å². The third kappa shape index (κ3) is 1.75. The van der Waals surface area contributed by atoms with Crippen molar-refractivity contribution >= 4 is 0 Å². The highest BCUT2D eigenvalue weighted by Gasteiger charge is 2.66. The molecule has 0 N–H and O–H groups in total. The van der Waals surface area contributed by atoms with Crippen molar-refractivity contribution in [3.63, 3.8) is 0 Å². The van der Waals surface area contributed by atoms with Gasteiger partial charge in [-0.2, -0.15) is 0 Å². The summed E-state index contributed by atoms with van der Waals surface area (Å²) >= 11 is 0. The highest BCUT2D eigenvalue weighted by molar-refractivity contribution is 5.43. The zero-order valence-corrected chi connectivity index (χ0v) is 16.1. The summed E-state index contributed by atoms with van der Waals surface area (Å²) in [5, 5.41) is 0. The number of fused-ring (bicyclic) bond motifs is 6. The molecule has 6 rings (SSSR count). The van der Waals surface area contributed by atoms with Crippen LogP contribution in [0.3, 0.4) is 0 Å². The predicted octanol–water partition coefficient (Wildman–Crippen LogP) is 6.66. The van der Waals surface area contributed by atoms with Crippen molar-refractivity contribution in [1.29, 1.82) is 0 Å². The first-order valence-corrected chi connectivity index (χ1v) is 10.9. The average Bonchev–Trinajstić information content (AvgIpc) is 3.40. The highest BCUT2D eigenvalue weighted by atomic mass is 14.7. The molecule has 0 spiro atoms. The molecule has 6 bridgehead atoms. The zero-order valence-electron chi connectivity index (χ0n) is 16.1. The van der Waals surface area contributed by atoms with Gasteiger partial charge in [-0.15, -0.1) is 0 Å². The molecule has 0 nitrogen and oxygen atoms in total. The van der Waals surface area contributed by atoms with Crippen molar-refractivity contribution in [2.24, 2.45) is 39.4 Å². The van der Waals surface area contributed by atoms with Gasteiger partial charge in [0, 0.05) is 5.92 Å². The molecule has 6 aliphatic carbocycles. The molecule has 0 heterocycles. The van der Waals surface area contributed by atoms with Gasteiger partial charge in [-0.1, -0.05) is 50.3 Å². The van der Waals surface area contributed by atoms with E-state index in [2.05, 4.69) is 50.3 Å². The number of hydrogen-bond donors (Lipinski definition) is 0. The van der Waals surface area contributed by atoms with Crippen molar-refractivity contribution in [3.8, 4) is 0 Å². The first-order chi connectivity index (χ1) is 12.0. The second-order valence-electron chi connectivity index (χ2n) is 11.1. The SMILES string of the molecule is CC(C)([C](C12C=CC(CC1)C2)C12C=CC(CC1)C2)C12C=CC(CC1)C2. The van der Waals surface area contributed by atoms with Gasteiger partial charge in [0.05, 0.1) is 0 Å². The maximum Gasteiger partial charge on any atom is 0.00229 e. The van der Waals surface area contributed by atoms with E-state index in [0.717, 1.165) is 17.8 Å². The Kier molecular flexibility index (Phi) is 2.78. The Balaban J connectivity index is 1.50. The molecule has 0 aromatic carbocycles. The summed E-state index contributed by atoms with van der Waals surface area (Å²) in [6, 6.07) is 0. The summed E-state index contributed by atoms with van der Waals surface area (Å²) in [6.45, 7) is 5.31. The van der Waals surface area contributed by atoms with Gasteiger partial charge < -0.3 is 0 Å². The summed E-state index contributed by atoms with van der Waals surface area (Å²) < 4.78 is 0. The maximum atomic E-state index is 2.69. The Labute approximate surface area is 153 Å². The second-order valence-corrected chi connectivity index (χ2v) is 11.1. The van der Waals surface area contributed by atoms with Crippen LogP contribution in [0, 0.1) is 45.3 Å². The molecule has 0 amide bonds. The molecule has 133 valence electrons. The molecule has 0 saturated heterocycles. The summed E-state index contributed by atoms with van der Waals surface area (Å²) in [4.78, 5) is 0. The summed E-state index contributed by atoms with van der Waals surface area (Å²) in [5.74, 6) is 4.60. The Hall–Kier alpha value is -0.780. The van der Waals surface area contributed by atoms with Crippen LogP contribution in [0.4, 0.5) is 0 Å². The van der Waals surface area contributed by atoms with Crippen molar-refractivity contribution in [2.75, 3.05) is 0 Å². The molecule has 6 aliphatic rings. The summed E-state index contributed by atoms with van der Waals surface area (Å²) in [7, 11) is 0. The first kappa shape index (κ1) is 15.3. The largest absolute Gasteiger partial charge is 0.0848 e. The molecule has 0 aromatic rings. The normalized spacial score (nSPS) is 51.7. The molecule has 6 unspecified atom stereocenters. The van der Waals surface area contributed by atoms with E-state index in [1.54, 1.807) is 0 Å². The molecule has 3 saturated carbocycles. The predicted molar refractivity (Wildman–Crippen MR) is 104 cm³/mol. The fourth-order valence-electron chi connectivity index (χ4n) is 8.64. The smallest absolute Gasteiger partial charge is 0.00229 e. The first-order valence-electron chi connectivity index (χ1n) is 10.9. The van der Waals surface area contributed by atoms with Gasteiger partial charge in [-0.3, -0.25) is 0 Å². The van der Waals surface area contributed by atoms with Crippen LogP contribution in [0.5, 0.6) is 0 Å². The third-order valence-corrected chi connectivity index (χ3v) is 9.69. The van der Waals surface area contributed by atoms with Crippen LogP contribution in [0.25, 0.3) is 0 Å². The summed E-state index contributed by atoms with van der Waals surface area (Å²) in [5.41, 5.74) is 1.60. The Morgan fingerprint density at radius 2 is 1.24 bits per heavy atom. The quantitative estimate of drug-likeness (QED) is 0.505. The number of allylic oxidation sites excluding steroid dienone is 6. The van der Waals surface area contributed by atoms with Crippen LogP contribution in [0.2, 0.25) is 0 Å². The highest BCUT2D eigenvalue weighted by Crippen LogP contribution is 2.75. The average molecular weight is 334 g/mol. The van der Waals surface area contributed by atoms with Gasteiger partial charge in [-0.25, -0.2) is 0 Å². The van der Waals surface area contributed by atoms with Gasteiger partial charge in [0.15, 0.2) is 0 Å². The molecule has 0 heteroatoms. The number of hydrogen-bond acceptors (Lipinski definition) is 0. The minimum atomic E-state index is 0.321.